The van der Waals surface area contributed by atoms with Gasteiger partial charge in [0.1, 0.15) is 6.10 Å². The summed E-state index contributed by atoms with van der Waals surface area (Å²) in [5.74, 6) is -1.17. The average molecular weight is 349 g/mol. The van der Waals surface area contributed by atoms with Crippen LogP contribution in [0.4, 0.5) is 35.1 Å². The number of hydrogen-bond acceptors (Lipinski definition) is 2. The molecule has 1 aliphatic carbocycles. The maximum Gasteiger partial charge on any atom is 0.426 e. The molecule has 0 radical (unpaired) electrons. The summed E-state index contributed by atoms with van der Waals surface area (Å²) in [7, 11) is 0. The quantitative estimate of drug-likeness (QED) is 0.409. The second-order valence-electron chi connectivity index (χ2n) is 4.67. The first-order valence-corrected chi connectivity index (χ1v) is 5.92. The lowest BCUT2D eigenvalue weighted by atomic mass is 9.71. The molecule has 0 aromatic rings. The summed E-state index contributed by atoms with van der Waals surface area (Å²) in [5, 5.41) is -1.95. The Morgan fingerprint density at radius 2 is 1.43 bits per heavy atom. The zero-order chi connectivity index (χ0) is 16.9. The summed E-state index contributed by atoms with van der Waals surface area (Å²) >= 11 is 5.34. The Kier molecular flexibility index (Phi) is 4.46. The van der Waals surface area contributed by atoms with Gasteiger partial charge in [-0.3, -0.25) is 4.79 Å². The summed E-state index contributed by atoms with van der Waals surface area (Å²) in [6, 6.07) is 0. The predicted molar refractivity (Wildman–Crippen MR) is 54.2 cm³/mol. The zero-order valence-electron chi connectivity index (χ0n) is 10.3. The van der Waals surface area contributed by atoms with Crippen molar-refractivity contribution < 1.29 is 44.7 Å². The number of rotatable bonds is 1. The highest BCUT2D eigenvalue weighted by atomic mass is 35.5. The van der Waals surface area contributed by atoms with E-state index in [9.17, 15) is 39.9 Å². The molecule has 0 spiro atoms. The summed E-state index contributed by atoms with van der Waals surface area (Å²) in [6.07, 6.45) is -18.4. The second kappa shape index (κ2) is 5.13. The van der Waals surface area contributed by atoms with Gasteiger partial charge in [-0.25, -0.2) is 8.78 Å². The van der Waals surface area contributed by atoms with Crippen LogP contribution in [0.5, 0.6) is 0 Å². The van der Waals surface area contributed by atoms with Crippen LogP contribution < -0.4 is 0 Å². The molecule has 1 saturated carbocycles. The van der Waals surface area contributed by atoms with Crippen molar-refractivity contribution in [3.8, 4) is 0 Å². The van der Waals surface area contributed by atoms with Crippen LogP contribution in [-0.2, 0) is 9.53 Å². The van der Waals surface area contributed by atoms with E-state index < -0.39 is 54.0 Å². The van der Waals surface area contributed by atoms with E-state index in [-0.39, 0.29) is 0 Å². The Labute approximate surface area is 118 Å². The first-order valence-electron chi connectivity index (χ1n) is 5.48. The van der Waals surface area contributed by atoms with Gasteiger partial charge in [-0.2, -0.15) is 26.3 Å². The molecule has 1 aliphatic rings. The van der Waals surface area contributed by atoms with Crippen molar-refractivity contribution in [2.45, 2.75) is 54.9 Å². The molecule has 124 valence electrons. The van der Waals surface area contributed by atoms with Crippen LogP contribution in [0.25, 0.3) is 0 Å². The average Bonchev–Trinajstić information content (AvgIpc) is 2.22. The Hall–Kier alpha value is -0.800. The van der Waals surface area contributed by atoms with E-state index in [1.165, 1.54) is 0 Å². The van der Waals surface area contributed by atoms with E-state index in [2.05, 4.69) is 4.74 Å². The van der Waals surface area contributed by atoms with Gasteiger partial charge in [0, 0.05) is 19.8 Å². The fraction of sp³-hybridized carbons (Fsp3) is 0.900. The number of carbonyl (C=O) groups is 1. The van der Waals surface area contributed by atoms with Crippen LogP contribution in [0, 0.1) is 0 Å². The molecule has 0 N–H and O–H groups in total. The molecule has 0 bridgehead atoms. The van der Waals surface area contributed by atoms with Crippen molar-refractivity contribution in [3.63, 3.8) is 0 Å². The normalized spacial score (nSPS) is 38.2. The van der Waals surface area contributed by atoms with Gasteiger partial charge in [0.2, 0.25) is 5.67 Å². The van der Waals surface area contributed by atoms with Crippen LogP contribution in [0.1, 0.15) is 19.8 Å². The molecule has 1 rings (SSSR count). The monoisotopic (exact) mass is 348 g/mol. The summed E-state index contributed by atoms with van der Waals surface area (Å²) < 4.78 is 108. The van der Waals surface area contributed by atoms with Gasteiger partial charge in [0.15, 0.2) is 0 Å². The third-order valence-electron chi connectivity index (χ3n) is 3.21. The highest BCUT2D eigenvalue weighted by Crippen LogP contribution is 2.59. The summed E-state index contributed by atoms with van der Waals surface area (Å²) in [6.45, 7) is 0.748. The van der Waals surface area contributed by atoms with E-state index in [1.54, 1.807) is 0 Å². The van der Waals surface area contributed by atoms with E-state index in [4.69, 9.17) is 11.6 Å². The van der Waals surface area contributed by atoms with Crippen molar-refractivity contribution in [1.29, 1.82) is 0 Å². The van der Waals surface area contributed by atoms with Crippen LogP contribution in [-0.4, -0.2) is 41.1 Å². The van der Waals surface area contributed by atoms with Gasteiger partial charge < -0.3 is 4.74 Å². The summed E-state index contributed by atoms with van der Waals surface area (Å²) in [5.41, 5.74) is -10.5. The van der Waals surface area contributed by atoms with E-state index in [0.717, 1.165) is 6.92 Å². The third kappa shape index (κ3) is 2.91. The number of carbonyl (C=O) groups excluding carboxylic acids is 1. The van der Waals surface area contributed by atoms with Crippen molar-refractivity contribution in [1.82, 2.24) is 0 Å². The van der Waals surface area contributed by atoms with Gasteiger partial charge >= 0.3 is 18.3 Å². The lowest BCUT2D eigenvalue weighted by molar-refractivity contribution is -0.358. The van der Waals surface area contributed by atoms with Gasteiger partial charge in [-0.05, 0) is 0 Å². The Morgan fingerprint density at radius 1 is 1.05 bits per heavy atom. The molecule has 0 aromatic carbocycles. The maximum absolute atomic E-state index is 14.0. The molecule has 0 heterocycles. The molecule has 0 unspecified atom stereocenters. The smallest absolute Gasteiger partial charge is 0.426 e. The maximum atomic E-state index is 14.0. The van der Waals surface area contributed by atoms with E-state index in [0.29, 0.717) is 0 Å². The number of hydrogen-bond donors (Lipinski definition) is 0. The molecule has 0 aliphatic heterocycles. The van der Waals surface area contributed by atoms with Gasteiger partial charge in [-0.15, -0.1) is 11.6 Å². The number of halogens is 9. The second-order valence-corrected chi connectivity index (χ2v) is 5.23. The van der Waals surface area contributed by atoms with Crippen LogP contribution in [0.2, 0.25) is 0 Å². The molecule has 0 amide bonds. The molecule has 0 saturated heterocycles. The molecule has 11 heteroatoms. The zero-order valence-corrected chi connectivity index (χ0v) is 11.0. The van der Waals surface area contributed by atoms with Crippen LogP contribution in [0.3, 0.4) is 0 Å². The van der Waals surface area contributed by atoms with Gasteiger partial charge in [0.05, 0.1) is 5.38 Å². The largest absolute Gasteiger partial charge is 0.461 e. The fourth-order valence-electron chi connectivity index (χ4n) is 2.14. The standard InChI is InChI=1S/C10H9ClF8O2/c1-4(20)21-6-3-8(13,10(17,18)19)7(12,2-5(6)11)9(14,15)16/h5-6H,2-3H2,1H3/t5-,6-,7+,8-/m0/s1. The molecule has 1 fully saturated rings. The first kappa shape index (κ1) is 18.2. The molecular weight excluding hydrogens is 340 g/mol. The van der Waals surface area contributed by atoms with Crippen molar-refractivity contribution in [3.05, 3.63) is 0 Å². The van der Waals surface area contributed by atoms with Crippen molar-refractivity contribution in [2.24, 2.45) is 0 Å². The predicted octanol–water partition coefficient (Wildman–Crippen LogP) is 3.86. The SMILES string of the molecule is CC(=O)O[C@H]1C[C@@](F)(C(F)(F)F)[C@@](F)(C(F)(F)F)C[C@@H]1Cl. The Bertz CT molecular complexity index is 422. The van der Waals surface area contributed by atoms with Crippen LogP contribution in [0.15, 0.2) is 0 Å². The lowest BCUT2D eigenvalue weighted by Gasteiger charge is -2.47. The third-order valence-corrected chi connectivity index (χ3v) is 3.64. The van der Waals surface area contributed by atoms with Gasteiger partial charge in [0.25, 0.3) is 5.67 Å². The molecule has 4 atom stereocenters. The highest BCUT2D eigenvalue weighted by Gasteiger charge is 2.81. The highest BCUT2D eigenvalue weighted by molar-refractivity contribution is 6.21. The Balaban J connectivity index is 3.32. The molecule has 21 heavy (non-hydrogen) atoms. The number of esters is 1. The molecule has 0 aromatic heterocycles. The molecule has 2 nitrogen and oxygen atoms in total. The first-order chi connectivity index (χ1) is 9.16. The number of alkyl halides is 9. The van der Waals surface area contributed by atoms with Crippen molar-refractivity contribution >= 4 is 17.6 Å². The van der Waals surface area contributed by atoms with E-state index in [1.807, 2.05) is 0 Å². The minimum atomic E-state index is -6.16. The Morgan fingerprint density at radius 3 is 1.76 bits per heavy atom. The minimum absolute atomic E-state index is 0.748. The number of ether oxygens (including phenoxy) is 1. The van der Waals surface area contributed by atoms with Crippen molar-refractivity contribution in [2.75, 3.05) is 0 Å². The minimum Gasteiger partial charge on any atom is -0.461 e. The molecular formula is C10H9ClF8O2. The van der Waals surface area contributed by atoms with Gasteiger partial charge in [-0.1, -0.05) is 0 Å². The fourth-order valence-corrected chi connectivity index (χ4v) is 2.49. The van der Waals surface area contributed by atoms with E-state index >= 15 is 0 Å². The summed E-state index contributed by atoms with van der Waals surface area (Å²) in [4.78, 5) is 10.7. The lowest BCUT2D eigenvalue weighted by Crippen LogP contribution is -2.70. The topological polar surface area (TPSA) is 26.3 Å². The van der Waals surface area contributed by atoms with Crippen LogP contribution >= 0.6 is 11.6 Å².